The number of benzene rings is 2. The maximum Gasteiger partial charge on any atom is 0.277 e. The van der Waals surface area contributed by atoms with Crippen molar-refractivity contribution < 1.29 is 18.9 Å². The number of nitrogens with zero attached hydrogens (tertiary/aromatic N) is 2. The van der Waals surface area contributed by atoms with E-state index in [4.69, 9.17) is 26.8 Å². The molecule has 0 saturated carbocycles. The third-order valence-corrected chi connectivity index (χ3v) is 5.49. The Kier molecular flexibility index (Phi) is 8.72. The molecule has 0 aliphatic rings. The fourth-order valence-corrected chi connectivity index (χ4v) is 3.44. The van der Waals surface area contributed by atoms with Gasteiger partial charge >= 0.3 is 0 Å². The van der Waals surface area contributed by atoms with Gasteiger partial charge in [-0.1, -0.05) is 45.7 Å². The number of carbonyl (C=O) groups excluding carboxylic acids is 1. The van der Waals surface area contributed by atoms with Crippen molar-refractivity contribution in [3.05, 3.63) is 62.7 Å². The molecule has 2 aromatic carbocycles. The quantitative estimate of drug-likeness (QED) is 0.325. The maximum absolute atomic E-state index is 11.9. The molecular weight excluding hydrogens is 502 g/mol. The highest BCUT2D eigenvalue weighted by atomic mass is 79.9. The van der Waals surface area contributed by atoms with Crippen LogP contribution in [-0.2, 0) is 13.2 Å². The SMILES string of the molecule is CCOc1cc(CNCCNC(=O)c2nonc2N)c(Br)cc1OCc1ccccc1Cl. The lowest BCUT2D eigenvalue weighted by Crippen LogP contribution is -2.32. The van der Waals surface area contributed by atoms with Crippen LogP contribution in [0.3, 0.4) is 0 Å². The predicted octanol–water partition coefficient (Wildman–Crippen LogP) is 3.57. The van der Waals surface area contributed by atoms with Crippen molar-refractivity contribution in [2.45, 2.75) is 20.1 Å². The minimum absolute atomic E-state index is 0.0264. The minimum atomic E-state index is -0.439. The summed E-state index contributed by atoms with van der Waals surface area (Å²) in [5.41, 5.74) is 7.35. The summed E-state index contributed by atoms with van der Waals surface area (Å²) in [5, 5.41) is 13.5. The number of hydrogen-bond acceptors (Lipinski definition) is 8. The van der Waals surface area contributed by atoms with Gasteiger partial charge in [0.15, 0.2) is 11.5 Å². The number of carbonyl (C=O) groups is 1. The van der Waals surface area contributed by atoms with Gasteiger partial charge in [0, 0.05) is 34.7 Å². The molecule has 4 N–H and O–H groups in total. The average molecular weight is 525 g/mol. The summed E-state index contributed by atoms with van der Waals surface area (Å²) in [4.78, 5) is 11.9. The summed E-state index contributed by atoms with van der Waals surface area (Å²) >= 11 is 9.80. The van der Waals surface area contributed by atoms with Crippen molar-refractivity contribution in [1.82, 2.24) is 20.9 Å². The number of halogens is 2. The van der Waals surface area contributed by atoms with Crippen LogP contribution < -0.4 is 25.8 Å². The zero-order valence-electron chi connectivity index (χ0n) is 17.4. The van der Waals surface area contributed by atoms with Gasteiger partial charge in [-0.2, -0.15) is 0 Å². The summed E-state index contributed by atoms with van der Waals surface area (Å²) < 4.78 is 17.0. The number of nitrogens with one attached hydrogen (secondary N) is 2. The van der Waals surface area contributed by atoms with Crippen LogP contribution in [0.1, 0.15) is 28.5 Å². The van der Waals surface area contributed by atoms with Crippen molar-refractivity contribution in [2.24, 2.45) is 0 Å². The number of nitrogens with two attached hydrogens (primary N) is 1. The van der Waals surface area contributed by atoms with Gasteiger partial charge in [-0.05, 0) is 41.0 Å². The lowest BCUT2D eigenvalue weighted by atomic mass is 10.2. The van der Waals surface area contributed by atoms with Gasteiger partial charge in [-0.15, -0.1) is 0 Å². The van der Waals surface area contributed by atoms with Crippen LogP contribution in [0.2, 0.25) is 5.02 Å². The molecule has 0 spiro atoms. The number of nitrogen functional groups attached to an aromatic ring is 1. The Hall–Kier alpha value is -2.82. The molecule has 0 fully saturated rings. The third-order valence-electron chi connectivity index (χ3n) is 4.39. The number of hydrogen-bond donors (Lipinski definition) is 3. The molecule has 0 atom stereocenters. The van der Waals surface area contributed by atoms with E-state index in [1.54, 1.807) is 0 Å². The topological polar surface area (TPSA) is 125 Å². The lowest BCUT2D eigenvalue weighted by molar-refractivity contribution is 0.0944. The van der Waals surface area contributed by atoms with E-state index in [-0.39, 0.29) is 11.5 Å². The van der Waals surface area contributed by atoms with Gasteiger partial charge in [-0.25, -0.2) is 4.63 Å². The highest BCUT2D eigenvalue weighted by Crippen LogP contribution is 2.34. The molecule has 0 aliphatic heterocycles. The van der Waals surface area contributed by atoms with E-state index in [0.717, 1.165) is 15.6 Å². The van der Waals surface area contributed by atoms with Crippen LogP contribution >= 0.6 is 27.5 Å². The molecule has 11 heteroatoms. The highest BCUT2D eigenvalue weighted by Gasteiger charge is 2.15. The molecule has 1 heterocycles. The first kappa shape index (κ1) is 23.8. The van der Waals surface area contributed by atoms with E-state index in [2.05, 4.69) is 41.5 Å². The molecule has 0 bridgehead atoms. The van der Waals surface area contributed by atoms with Gasteiger partial charge in [0.1, 0.15) is 6.61 Å². The summed E-state index contributed by atoms with van der Waals surface area (Å²) in [6.45, 7) is 4.20. The van der Waals surface area contributed by atoms with E-state index in [9.17, 15) is 4.79 Å². The fraction of sp³-hybridized carbons (Fsp3) is 0.286. The fourth-order valence-electron chi connectivity index (χ4n) is 2.79. The molecule has 0 aliphatic carbocycles. The Morgan fingerprint density at radius 2 is 1.94 bits per heavy atom. The van der Waals surface area contributed by atoms with Crippen LogP contribution in [0.5, 0.6) is 11.5 Å². The number of anilines is 1. The number of aromatic nitrogens is 2. The molecule has 0 radical (unpaired) electrons. The molecule has 3 aromatic rings. The minimum Gasteiger partial charge on any atom is -0.490 e. The maximum atomic E-state index is 11.9. The van der Waals surface area contributed by atoms with Crippen LogP contribution in [0.4, 0.5) is 5.82 Å². The summed E-state index contributed by atoms with van der Waals surface area (Å²) in [5.74, 6) is 0.778. The van der Waals surface area contributed by atoms with Crippen molar-refractivity contribution in [3.8, 4) is 11.5 Å². The molecule has 0 saturated heterocycles. The van der Waals surface area contributed by atoms with Gasteiger partial charge < -0.3 is 25.8 Å². The molecule has 170 valence electrons. The predicted molar refractivity (Wildman–Crippen MR) is 124 cm³/mol. The summed E-state index contributed by atoms with van der Waals surface area (Å²) in [6, 6.07) is 11.3. The van der Waals surface area contributed by atoms with Crippen molar-refractivity contribution in [1.29, 1.82) is 0 Å². The monoisotopic (exact) mass is 523 g/mol. The Morgan fingerprint density at radius 3 is 2.66 bits per heavy atom. The van der Waals surface area contributed by atoms with Crippen molar-refractivity contribution in [3.63, 3.8) is 0 Å². The molecule has 1 amide bonds. The van der Waals surface area contributed by atoms with E-state index in [0.29, 0.717) is 49.4 Å². The third kappa shape index (κ3) is 6.35. The second kappa shape index (κ2) is 11.7. The van der Waals surface area contributed by atoms with Gasteiger partial charge in [0.05, 0.1) is 6.61 Å². The lowest BCUT2D eigenvalue weighted by Gasteiger charge is -2.16. The van der Waals surface area contributed by atoms with Crippen LogP contribution in [0.25, 0.3) is 0 Å². The first-order valence-corrected chi connectivity index (χ1v) is 11.0. The Morgan fingerprint density at radius 1 is 1.16 bits per heavy atom. The van der Waals surface area contributed by atoms with Crippen molar-refractivity contribution >= 4 is 39.3 Å². The largest absolute Gasteiger partial charge is 0.490 e. The van der Waals surface area contributed by atoms with Crippen molar-refractivity contribution in [2.75, 3.05) is 25.4 Å². The van der Waals surface area contributed by atoms with Crippen LogP contribution in [0, 0.1) is 0 Å². The second-order valence-corrected chi connectivity index (χ2v) is 7.90. The highest BCUT2D eigenvalue weighted by molar-refractivity contribution is 9.10. The standard InChI is InChI=1S/C21H23BrClN5O4/c1-2-30-17-9-14(11-25-7-8-26-21(29)19-20(24)28-32-27-19)15(22)10-18(17)31-12-13-5-3-4-6-16(13)23/h3-6,9-10,25H,2,7-8,11-12H2,1H3,(H2,24,28)(H,26,29). The first-order valence-electron chi connectivity index (χ1n) is 9.88. The number of amides is 1. The summed E-state index contributed by atoms with van der Waals surface area (Å²) in [7, 11) is 0. The molecule has 32 heavy (non-hydrogen) atoms. The Balaban J connectivity index is 1.55. The molecule has 1 aromatic heterocycles. The number of rotatable bonds is 11. The Bertz CT molecular complexity index is 1060. The Labute approximate surface area is 198 Å². The smallest absolute Gasteiger partial charge is 0.277 e. The molecular formula is C21H23BrClN5O4. The first-order chi connectivity index (χ1) is 15.5. The van der Waals surface area contributed by atoms with Gasteiger partial charge in [0.25, 0.3) is 5.91 Å². The molecule has 0 unspecified atom stereocenters. The van der Waals surface area contributed by atoms with E-state index >= 15 is 0 Å². The summed E-state index contributed by atoms with van der Waals surface area (Å²) in [6.07, 6.45) is 0. The molecule has 9 nitrogen and oxygen atoms in total. The van der Waals surface area contributed by atoms with Gasteiger partial charge in [0.2, 0.25) is 11.5 Å². The zero-order valence-corrected chi connectivity index (χ0v) is 19.7. The number of ether oxygens (including phenoxy) is 2. The van der Waals surface area contributed by atoms with Crippen LogP contribution in [0.15, 0.2) is 45.5 Å². The zero-order chi connectivity index (χ0) is 22.9. The average Bonchev–Trinajstić information content (AvgIpc) is 3.21. The molecule has 3 rings (SSSR count). The van der Waals surface area contributed by atoms with E-state index in [1.807, 2.05) is 43.3 Å². The normalized spacial score (nSPS) is 10.7. The van der Waals surface area contributed by atoms with Gasteiger partial charge in [-0.3, -0.25) is 4.79 Å². The second-order valence-electron chi connectivity index (χ2n) is 6.63. The van der Waals surface area contributed by atoms with Crippen LogP contribution in [-0.4, -0.2) is 35.9 Å². The van der Waals surface area contributed by atoms with E-state index in [1.165, 1.54) is 0 Å². The van der Waals surface area contributed by atoms with E-state index < -0.39 is 5.91 Å².